The van der Waals surface area contributed by atoms with Crippen molar-refractivity contribution in [3.63, 3.8) is 0 Å². The second-order valence-corrected chi connectivity index (χ2v) is 8.17. The third-order valence-corrected chi connectivity index (χ3v) is 5.59. The Morgan fingerprint density at radius 2 is 1.91 bits per heavy atom. The molecule has 0 spiro atoms. The van der Waals surface area contributed by atoms with Crippen LogP contribution in [0.2, 0.25) is 0 Å². The number of hydrogen-bond acceptors (Lipinski definition) is 6. The first-order valence-electron chi connectivity index (χ1n) is 9.39. The van der Waals surface area contributed by atoms with Gasteiger partial charge in [-0.05, 0) is 43.7 Å². The number of carbonyl (C=O) groups excluding carboxylic acids is 1. The van der Waals surface area contributed by atoms with Crippen LogP contribution in [0.3, 0.4) is 0 Å². The second kappa shape index (κ2) is 9.73. The predicted molar refractivity (Wildman–Crippen MR) is 113 cm³/mol. The number of carbonyl (C=O) groups is 1. The van der Waals surface area contributed by atoms with E-state index in [0.29, 0.717) is 11.1 Å². The molecule has 33 heavy (non-hydrogen) atoms. The van der Waals surface area contributed by atoms with Crippen LogP contribution in [0.5, 0.6) is 11.6 Å². The van der Waals surface area contributed by atoms with Gasteiger partial charge in [-0.2, -0.15) is 17.6 Å². The van der Waals surface area contributed by atoms with Gasteiger partial charge < -0.3 is 14.6 Å². The average Bonchev–Trinajstić information content (AvgIpc) is 2.74. The normalized spacial score (nSPS) is 12.4. The molecule has 0 radical (unpaired) electrons. The van der Waals surface area contributed by atoms with Crippen LogP contribution in [0.4, 0.5) is 23.2 Å². The van der Waals surface area contributed by atoms with Gasteiger partial charge in [0.25, 0.3) is 5.91 Å². The Hall–Kier alpha value is -3.22. The smallest absolute Gasteiger partial charge is 0.418 e. The summed E-state index contributed by atoms with van der Waals surface area (Å²) >= 11 is -1.54. The Bertz CT molecular complexity index is 1190. The minimum atomic E-state index is -4.76. The van der Waals surface area contributed by atoms with Crippen LogP contribution < -0.4 is 14.8 Å². The third kappa shape index (κ3) is 5.59. The van der Waals surface area contributed by atoms with Gasteiger partial charge in [-0.1, -0.05) is 6.07 Å². The summed E-state index contributed by atoms with van der Waals surface area (Å²) in [5.41, 5.74) is -1.67. The number of hydrogen-bond donors (Lipinski definition) is 2. The maximum absolute atomic E-state index is 13.5. The molecule has 0 bridgehead atoms. The van der Waals surface area contributed by atoms with Crippen molar-refractivity contribution in [2.45, 2.75) is 24.9 Å². The number of nitrogens with one attached hydrogen (secondary N) is 2. The average molecular weight is 482 g/mol. The summed E-state index contributed by atoms with van der Waals surface area (Å²) in [4.78, 5) is 20.7. The van der Waals surface area contributed by atoms with E-state index in [-0.39, 0.29) is 17.1 Å². The predicted octanol–water partition coefficient (Wildman–Crippen LogP) is 4.54. The van der Waals surface area contributed by atoms with Crippen molar-refractivity contribution >= 4 is 23.0 Å². The van der Waals surface area contributed by atoms with Gasteiger partial charge in [0.1, 0.15) is 5.56 Å². The number of pyridine rings is 2. The Balaban J connectivity index is 2.04. The summed E-state index contributed by atoms with van der Waals surface area (Å²) in [6.07, 6.45) is -4.20. The van der Waals surface area contributed by atoms with Crippen molar-refractivity contribution in [2.75, 3.05) is 12.4 Å². The molecule has 1 atom stereocenters. The number of rotatable bonds is 6. The van der Waals surface area contributed by atoms with E-state index in [1.807, 2.05) is 0 Å². The molecule has 1 aromatic carbocycles. The quantitative estimate of drug-likeness (QED) is 0.304. The minimum Gasteiger partial charge on any atom is -0.593 e. The number of alkyl halides is 3. The van der Waals surface area contributed by atoms with Crippen LogP contribution in [0.1, 0.15) is 27.2 Å². The highest BCUT2D eigenvalue weighted by atomic mass is 32.2. The lowest BCUT2D eigenvalue weighted by Crippen LogP contribution is -2.20. The maximum Gasteiger partial charge on any atom is 0.418 e. The first kappa shape index (κ1) is 24.4. The van der Waals surface area contributed by atoms with Crippen LogP contribution in [-0.4, -0.2) is 27.5 Å². The number of halogens is 4. The van der Waals surface area contributed by atoms with Crippen LogP contribution in [0.25, 0.3) is 0 Å². The van der Waals surface area contributed by atoms with Gasteiger partial charge in [-0.25, -0.2) is 9.97 Å². The van der Waals surface area contributed by atoms with Gasteiger partial charge >= 0.3 is 6.18 Å². The van der Waals surface area contributed by atoms with Crippen molar-refractivity contribution < 1.29 is 31.6 Å². The first-order chi connectivity index (χ1) is 15.5. The highest BCUT2D eigenvalue weighted by Gasteiger charge is 2.36. The standard InChI is InChI=1S/C21H18F4N4O3S/c1-11-15(21(23,24)25)10-27-20(32-16-7-8-17(22)28-12(16)2)18(11)19(30)29-13-5-4-6-14(9-13)33(31)26-3/h4-10,26H,1-3H3,(H,29,30)/t33-/m1/s1. The molecule has 2 heterocycles. The van der Waals surface area contributed by atoms with E-state index in [2.05, 4.69) is 20.0 Å². The molecule has 2 aromatic heterocycles. The van der Waals surface area contributed by atoms with E-state index in [1.54, 1.807) is 6.07 Å². The molecule has 1 amide bonds. The Kier molecular flexibility index (Phi) is 7.20. The van der Waals surface area contributed by atoms with E-state index < -0.39 is 52.0 Å². The molecule has 0 saturated heterocycles. The molecule has 0 unspecified atom stereocenters. The van der Waals surface area contributed by atoms with Crippen LogP contribution in [-0.2, 0) is 17.5 Å². The van der Waals surface area contributed by atoms with Crippen LogP contribution in [0, 0.1) is 19.8 Å². The number of benzene rings is 1. The number of aromatic nitrogens is 2. The van der Waals surface area contributed by atoms with Gasteiger partial charge in [0.05, 0.1) is 22.6 Å². The fourth-order valence-electron chi connectivity index (χ4n) is 2.94. The fraction of sp³-hybridized carbons (Fsp3) is 0.190. The lowest BCUT2D eigenvalue weighted by Gasteiger charge is -2.17. The molecule has 7 nitrogen and oxygen atoms in total. The molecule has 0 aliphatic heterocycles. The Morgan fingerprint density at radius 3 is 2.55 bits per heavy atom. The second-order valence-electron chi connectivity index (χ2n) is 6.75. The summed E-state index contributed by atoms with van der Waals surface area (Å²) in [6, 6.07) is 8.21. The summed E-state index contributed by atoms with van der Waals surface area (Å²) in [6.45, 7) is 2.55. The van der Waals surface area contributed by atoms with E-state index in [9.17, 15) is 26.9 Å². The molecule has 2 N–H and O–H groups in total. The SMILES string of the molecule is CN[S@+]([O-])c1cccc(NC(=O)c2c(Oc3ccc(F)nc3C)ncc(C(F)(F)F)c2C)c1. The van der Waals surface area contributed by atoms with E-state index in [4.69, 9.17) is 4.74 Å². The zero-order chi connectivity index (χ0) is 24.3. The van der Waals surface area contributed by atoms with Crippen LogP contribution >= 0.6 is 0 Å². The topological polar surface area (TPSA) is 99.2 Å². The summed E-state index contributed by atoms with van der Waals surface area (Å²) < 4.78 is 73.7. The summed E-state index contributed by atoms with van der Waals surface area (Å²) in [5.74, 6) is -2.09. The molecular formula is C21H18F4N4O3S. The summed E-state index contributed by atoms with van der Waals surface area (Å²) in [5, 5.41) is 2.48. The van der Waals surface area contributed by atoms with E-state index in [1.165, 1.54) is 38.2 Å². The van der Waals surface area contributed by atoms with Crippen molar-refractivity contribution in [1.29, 1.82) is 0 Å². The highest BCUT2D eigenvalue weighted by molar-refractivity contribution is 7.89. The zero-order valence-corrected chi connectivity index (χ0v) is 18.4. The van der Waals surface area contributed by atoms with Crippen molar-refractivity contribution in [1.82, 2.24) is 14.7 Å². The zero-order valence-electron chi connectivity index (χ0n) is 17.6. The Labute approximate surface area is 189 Å². The lowest BCUT2D eigenvalue weighted by atomic mass is 10.0. The van der Waals surface area contributed by atoms with Crippen LogP contribution in [0.15, 0.2) is 47.5 Å². The molecule has 0 fully saturated rings. The molecule has 0 saturated carbocycles. The Morgan fingerprint density at radius 1 is 1.18 bits per heavy atom. The monoisotopic (exact) mass is 482 g/mol. The van der Waals surface area contributed by atoms with Gasteiger partial charge in [0.15, 0.2) is 10.6 Å². The van der Waals surface area contributed by atoms with E-state index in [0.717, 1.165) is 13.0 Å². The molecule has 3 rings (SSSR count). The van der Waals surface area contributed by atoms with Gasteiger partial charge in [0.2, 0.25) is 11.8 Å². The molecule has 0 aliphatic rings. The van der Waals surface area contributed by atoms with Gasteiger partial charge in [0, 0.05) is 25.0 Å². The number of aryl methyl sites for hydroxylation is 1. The lowest BCUT2D eigenvalue weighted by molar-refractivity contribution is -0.138. The molecular weight excluding hydrogens is 464 g/mol. The number of ether oxygens (including phenoxy) is 1. The number of nitrogens with zero attached hydrogens (tertiary/aromatic N) is 2. The number of anilines is 1. The third-order valence-electron chi connectivity index (χ3n) is 4.54. The summed E-state index contributed by atoms with van der Waals surface area (Å²) in [7, 11) is 1.48. The largest absolute Gasteiger partial charge is 0.593 e. The van der Waals surface area contributed by atoms with E-state index >= 15 is 0 Å². The van der Waals surface area contributed by atoms with Gasteiger partial charge in [-0.3, -0.25) is 4.79 Å². The van der Waals surface area contributed by atoms with Crippen molar-refractivity contribution in [2.24, 2.45) is 0 Å². The van der Waals surface area contributed by atoms with Gasteiger partial charge in [-0.15, -0.1) is 4.72 Å². The maximum atomic E-state index is 13.5. The molecule has 12 heteroatoms. The van der Waals surface area contributed by atoms with Crippen molar-refractivity contribution in [3.8, 4) is 11.6 Å². The molecule has 3 aromatic rings. The molecule has 174 valence electrons. The molecule has 0 aliphatic carbocycles. The fourth-order valence-corrected chi connectivity index (χ4v) is 3.61. The minimum absolute atomic E-state index is 0.0172. The van der Waals surface area contributed by atoms with Crippen molar-refractivity contribution in [3.05, 3.63) is 70.9 Å². The highest BCUT2D eigenvalue weighted by Crippen LogP contribution is 2.37. The number of amides is 1. The first-order valence-corrected chi connectivity index (χ1v) is 10.5.